The smallest absolute Gasteiger partial charge is 0.411 e. The molecule has 1 N–H and O–H groups in total. The molecule has 2 aromatic carbocycles. The lowest BCUT2D eigenvalue weighted by Gasteiger charge is -2.12. The minimum absolute atomic E-state index is 0.466. The number of anilines is 1. The minimum atomic E-state index is -0.773. The van der Waals surface area contributed by atoms with Gasteiger partial charge in [-0.05, 0) is 6.07 Å². The van der Waals surface area contributed by atoms with Crippen molar-refractivity contribution in [3.05, 3.63) is 55.0 Å². The Morgan fingerprint density at radius 3 is 2.32 bits per heavy atom. The molecule has 0 atom stereocenters. The maximum absolute atomic E-state index is 11.7. The van der Waals surface area contributed by atoms with Crippen molar-refractivity contribution < 1.29 is 23.8 Å². The van der Waals surface area contributed by atoms with Crippen LogP contribution in [0.1, 0.15) is 0 Å². The molecule has 0 aliphatic heterocycles. The van der Waals surface area contributed by atoms with Gasteiger partial charge in [-0.2, -0.15) is 5.10 Å². The van der Waals surface area contributed by atoms with Crippen LogP contribution in [0.25, 0.3) is 33.4 Å². The molecule has 2 heterocycles. The third-order valence-corrected chi connectivity index (χ3v) is 4.82. The molecule has 4 aromatic rings. The van der Waals surface area contributed by atoms with E-state index in [9.17, 15) is 9.59 Å². The lowest BCUT2D eigenvalue weighted by molar-refractivity contribution is 0.186. The van der Waals surface area contributed by atoms with Gasteiger partial charge in [0.2, 0.25) is 0 Å². The molecule has 0 bridgehead atoms. The van der Waals surface area contributed by atoms with E-state index in [1.807, 2.05) is 43.6 Å². The molecule has 0 spiro atoms. The lowest BCUT2D eigenvalue weighted by Crippen LogP contribution is -2.12. The maximum Gasteiger partial charge on any atom is 0.411 e. The summed E-state index contributed by atoms with van der Waals surface area (Å²) in [7, 11) is 5.92. The Bertz CT molecular complexity index is 1310. The van der Waals surface area contributed by atoms with E-state index in [1.165, 1.54) is 27.7 Å². The molecule has 11 heteroatoms. The van der Waals surface area contributed by atoms with Crippen LogP contribution in [0.4, 0.5) is 15.3 Å². The highest BCUT2D eigenvalue weighted by molar-refractivity contribution is 6.61. The normalized spacial score (nSPS) is 10.1. The number of nitrogens with zero attached hydrogens (tertiary/aromatic N) is 4. The Labute approximate surface area is 200 Å². The summed E-state index contributed by atoms with van der Waals surface area (Å²) in [5.41, 5.74) is 3.74. The number of methoxy groups -OCH3 is 3. The quantitative estimate of drug-likeness (QED) is 0.408. The number of aromatic nitrogens is 4. The van der Waals surface area contributed by atoms with E-state index in [1.54, 1.807) is 16.8 Å². The number of carbonyl (C=O) groups is 2. The topological polar surface area (TPSA) is 117 Å². The highest BCUT2D eigenvalue weighted by Gasteiger charge is 2.18. The highest BCUT2D eigenvalue weighted by atomic mass is 35.5. The van der Waals surface area contributed by atoms with E-state index < -0.39 is 11.5 Å². The number of hydrogen-bond donors (Lipinski definition) is 1. The van der Waals surface area contributed by atoms with E-state index in [2.05, 4.69) is 36.7 Å². The Balaban J connectivity index is 0.000000588. The van der Waals surface area contributed by atoms with Gasteiger partial charge in [0.15, 0.2) is 0 Å². The van der Waals surface area contributed by atoms with Crippen molar-refractivity contribution >= 4 is 39.7 Å². The number of aryl methyl sites for hydroxylation is 1. The first-order chi connectivity index (χ1) is 16.4. The molecule has 0 saturated carbocycles. The predicted octanol–water partition coefficient (Wildman–Crippen LogP) is 4.88. The van der Waals surface area contributed by atoms with E-state index in [0.717, 1.165) is 22.2 Å². The summed E-state index contributed by atoms with van der Waals surface area (Å²) in [5.74, 6) is 0.474. The van der Waals surface area contributed by atoms with Crippen LogP contribution in [-0.4, -0.2) is 52.6 Å². The van der Waals surface area contributed by atoms with E-state index in [-0.39, 0.29) is 0 Å². The largest absolute Gasteiger partial charge is 0.494 e. The van der Waals surface area contributed by atoms with Gasteiger partial charge in [-0.25, -0.2) is 19.6 Å². The molecular formula is C23H22ClN5O5. The number of fused-ring (bicyclic) bond motifs is 1. The summed E-state index contributed by atoms with van der Waals surface area (Å²) >= 11 is 4.60. The Hall–Kier alpha value is -4.18. The van der Waals surface area contributed by atoms with Gasteiger partial charge in [0.05, 0.1) is 38.2 Å². The number of ether oxygens (including phenoxy) is 3. The molecule has 34 heavy (non-hydrogen) atoms. The van der Waals surface area contributed by atoms with Crippen LogP contribution < -0.4 is 10.1 Å². The number of halogens is 1. The fourth-order valence-corrected chi connectivity index (χ4v) is 3.20. The third-order valence-electron chi connectivity index (χ3n) is 4.67. The SMILES string of the molecule is COC(=O)Cl.COC(=O)Nc1cc2c(-c3cn(C)nc3-c3ccccc3)ncnc2cc1OC. The fourth-order valence-electron chi connectivity index (χ4n) is 3.20. The summed E-state index contributed by atoms with van der Waals surface area (Å²) in [4.78, 5) is 30.0. The molecule has 0 saturated heterocycles. The molecule has 0 unspecified atom stereocenters. The Kier molecular flexibility index (Phi) is 7.99. The van der Waals surface area contributed by atoms with Crippen molar-refractivity contribution in [2.45, 2.75) is 0 Å². The molecule has 176 valence electrons. The standard InChI is InChI=1S/C21H19N5O3.C2H3ClO2/c1-26-11-15(19(25-26)13-7-5-4-6-8-13)20-14-9-17(24-21(27)29-3)18(28-2)10-16(14)22-12-23-20;1-5-2(3)4/h4-12H,1-3H3,(H,24,27);1H3. The van der Waals surface area contributed by atoms with E-state index in [4.69, 9.17) is 9.47 Å². The molecule has 2 aromatic heterocycles. The van der Waals surface area contributed by atoms with E-state index in [0.29, 0.717) is 22.6 Å². The van der Waals surface area contributed by atoms with Crippen molar-refractivity contribution in [2.75, 3.05) is 26.6 Å². The summed E-state index contributed by atoms with van der Waals surface area (Å²) in [6, 6.07) is 13.4. The second-order valence-corrected chi connectivity index (χ2v) is 7.09. The van der Waals surface area contributed by atoms with Gasteiger partial charge in [-0.3, -0.25) is 10.00 Å². The summed E-state index contributed by atoms with van der Waals surface area (Å²) in [5, 5.41) is 8.05. The average Bonchev–Trinajstić information content (AvgIpc) is 3.25. The van der Waals surface area contributed by atoms with Gasteiger partial charge in [-0.15, -0.1) is 0 Å². The monoisotopic (exact) mass is 483 g/mol. The number of amides is 1. The molecule has 0 fully saturated rings. The predicted molar refractivity (Wildman–Crippen MR) is 128 cm³/mol. The van der Waals surface area contributed by atoms with E-state index >= 15 is 0 Å². The number of nitrogens with one attached hydrogen (secondary N) is 1. The molecule has 0 aliphatic carbocycles. The van der Waals surface area contributed by atoms with Gasteiger partial charge < -0.3 is 14.2 Å². The Morgan fingerprint density at radius 1 is 1.00 bits per heavy atom. The summed E-state index contributed by atoms with van der Waals surface area (Å²) in [6.45, 7) is 0. The first kappa shape index (κ1) is 24.5. The zero-order chi connectivity index (χ0) is 24.7. The van der Waals surface area contributed by atoms with Crippen LogP contribution in [0.15, 0.2) is 55.0 Å². The molecular weight excluding hydrogens is 462 g/mol. The van der Waals surface area contributed by atoms with Gasteiger partial charge in [0.25, 0.3) is 0 Å². The number of benzene rings is 2. The van der Waals surface area contributed by atoms with Crippen molar-refractivity contribution in [3.63, 3.8) is 0 Å². The number of carbonyl (C=O) groups excluding carboxylic acids is 2. The molecule has 4 rings (SSSR count). The van der Waals surface area contributed by atoms with Crippen molar-refractivity contribution in [1.82, 2.24) is 19.7 Å². The van der Waals surface area contributed by atoms with Crippen LogP contribution in [0.3, 0.4) is 0 Å². The van der Waals surface area contributed by atoms with Crippen LogP contribution in [0.2, 0.25) is 0 Å². The zero-order valence-corrected chi connectivity index (χ0v) is 19.7. The summed E-state index contributed by atoms with van der Waals surface area (Å²) < 4.78 is 15.7. The van der Waals surface area contributed by atoms with Gasteiger partial charge in [0.1, 0.15) is 17.8 Å². The van der Waals surface area contributed by atoms with Gasteiger partial charge >= 0.3 is 11.5 Å². The molecule has 0 aliphatic rings. The van der Waals surface area contributed by atoms with Crippen LogP contribution in [0, 0.1) is 0 Å². The van der Waals surface area contributed by atoms with Crippen LogP contribution in [0.5, 0.6) is 5.75 Å². The highest BCUT2D eigenvalue weighted by Crippen LogP contribution is 2.37. The van der Waals surface area contributed by atoms with Crippen molar-refractivity contribution in [2.24, 2.45) is 7.05 Å². The molecule has 0 radical (unpaired) electrons. The third kappa shape index (κ3) is 5.59. The second kappa shape index (κ2) is 11.1. The molecule has 1 amide bonds. The van der Waals surface area contributed by atoms with Crippen LogP contribution in [-0.2, 0) is 16.5 Å². The second-order valence-electron chi connectivity index (χ2n) is 6.78. The zero-order valence-electron chi connectivity index (χ0n) is 18.9. The van der Waals surface area contributed by atoms with Gasteiger partial charge in [0, 0.05) is 47.4 Å². The van der Waals surface area contributed by atoms with Crippen molar-refractivity contribution in [3.8, 4) is 28.3 Å². The lowest BCUT2D eigenvalue weighted by atomic mass is 10.0. The average molecular weight is 484 g/mol. The van der Waals surface area contributed by atoms with Crippen LogP contribution >= 0.6 is 11.6 Å². The Morgan fingerprint density at radius 2 is 1.71 bits per heavy atom. The van der Waals surface area contributed by atoms with Gasteiger partial charge in [-0.1, -0.05) is 30.3 Å². The fraction of sp³-hybridized carbons (Fsp3) is 0.174. The number of hydrogen-bond acceptors (Lipinski definition) is 8. The minimum Gasteiger partial charge on any atom is -0.494 e. The van der Waals surface area contributed by atoms with Crippen molar-refractivity contribution in [1.29, 1.82) is 0 Å². The first-order valence-corrected chi connectivity index (χ1v) is 10.3. The maximum atomic E-state index is 11.7. The number of rotatable bonds is 4. The summed E-state index contributed by atoms with van der Waals surface area (Å²) in [6.07, 6.45) is 2.83. The first-order valence-electron chi connectivity index (χ1n) is 9.88. The molecule has 10 nitrogen and oxygen atoms in total.